The van der Waals surface area contributed by atoms with Crippen LogP contribution in [0.15, 0.2) is 52.7 Å². The molecular formula is C19H17FN4O4S. The fourth-order valence-electron chi connectivity index (χ4n) is 2.44. The molecule has 1 fully saturated rings. The van der Waals surface area contributed by atoms with Crippen LogP contribution in [0.4, 0.5) is 10.1 Å². The fourth-order valence-corrected chi connectivity index (χ4v) is 3.37. The summed E-state index contributed by atoms with van der Waals surface area (Å²) in [7, 11) is 1.43. The standard InChI is InChI=1S/C19H17FN4O4S/c1-28-15-8-11(6-7-14(15)25)10-21-24-19-23-18(27)16(29-19)9-17(26)22-13-5-3-2-4-12(13)20/h2-8,10,16,25H,9H2,1H3,(H,22,26)(H,23,24,27)/b21-10+/t16-/m0/s1. The average Bonchev–Trinajstić information content (AvgIpc) is 3.04. The molecule has 0 aromatic heterocycles. The number of hydrogen-bond donors (Lipinski definition) is 3. The third kappa shape index (κ3) is 5.32. The van der Waals surface area contributed by atoms with Crippen molar-refractivity contribution in [3.8, 4) is 11.5 Å². The number of rotatable bonds is 6. The highest BCUT2D eigenvalue weighted by Gasteiger charge is 2.32. The zero-order valence-electron chi connectivity index (χ0n) is 15.3. The van der Waals surface area contributed by atoms with E-state index in [0.29, 0.717) is 11.3 Å². The number of phenols is 1. The van der Waals surface area contributed by atoms with E-state index < -0.39 is 17.0 Å². The molecule has 10 heteroatoms. The lowest BCUT2D eigenvalue weighted by molar-refractivity contribution is -0.122. The van der Waals surface area contributed by atoms with Crippen molar-refractivity contribution in [3.05, 3.63) is 53.8 Å². The fraction of sp³-hybridized carbons (Fsp3) is 0.158. The van der Waals surface area contributed by atoms with Crippen molar-refractivity contribution >= 4 is 40.6 Å². The minimum absolute atomic E-state index is 0.00563. The molecule has 8 nitrogen and oxygen atoms in total. The summed E-state index contributed by atoms with van der Waals surface area (Å²) < 4.78 is 18.6. The smallest absolute Gasteiger partial charge is 0.240 e. The molecule has 2 aromatic rings. The number of carbonyl (C=O) groups is 2. The van der Waals surface area contributed by atoms with Gasteiger partial charge in [-0.3, -0.25) is 9.59 Å². The molecule has 0 aliphatic carbocycles. The Balaban J connectivity index is 1.58. The van der Waals surface area contributed by atoms with Crippen molar-refractivity contribution in [2.75, 3.05) is 12.4 Å². The summed E-state index contributed by atoms with van der Waals surface area (Å²) in [4.78, 5) is 24.1. The summed E-state index contributed by atoms with van der Waals surface area (Å²) >= 11 is 1.06. The van der Waals surface area contributed by atoms with Gasteiger partial charge in [0, 0.05) is 6.42 Å². The van der Waals surface area contributed by atoms with Crippen LogP contribution in [0.2, 0.25) is 0 Å². The molecule has 1 saturated heterocycles. The molecule has 0 radical (unpaired) electrons. The molecule has 150 valence electrons. The lowest BCUT2D eigenvalue weighted by atomic mass is 10.2. The van der Waals surface area contributed by atoms with Crippen LogP contribution in [0.5, 0.6) is 11.5 Å². The number of benzene rings is 2. The van der Waals surface area contributed by atoms with Gasteiger partial charge in [0.25, 0.3) is 0 Å². The van der Waals surface area contributed by atoms with E-state index in [1.807, 2.05) is 0 Å². The Morgan fingerprint density at radius 2 is 2.17 bits per heavy atom. The van der Waals surface area contributed by atoms with Crippen LogP contribution < -0.4 is 15.4 Å². The maximum absolute atomic E-state index is 13.6. The third-order valence-electron chi connectivity index (χ3n) is 3.85. The lowest BCUT2D eigenvalue weighted by Gasteiger charge is -2.07. The second kappa shape index (κ2) is 9.20. The highest BCUT2D eigenvalue weighted by Crippen LogP contribution is 2.26. The number of para-hydroxylation sites is 1. The molecule has 1 aliphatic heterocycles. The molecule has 3 N–H and O–H groups in total. The molecule has 2 aromatic carbocycles. The van der Waals surface area contributed by atoms with Gasteiger partial charge in [-0.2, -0.15) is 5.10 Å². The van der Waals surface area contributed by atoms with E-state index >= 15 is 0 Å². The molecule has 1 aliphatic rings. The van der Waals surface area contributed by atoms with Crippen molar-refractivity contribution in [1.29, 1.82) is 0 Å². The van der Waals surface area contributed by atoms with Crippen LogP contribution in [0, 0.1) is 5.82 Å². The number of amides is 2. The maximum atomic E-state index is 13.6. The Hall–Kier alpha value is -3.40. The quantitative estimate of drug-likeness (QED) is 0.495. The van der Waals surface area contributed by atoms with Crippen LogP contribution in [0.25, 0.3) is 0 Å². The minimum atomic E-state index is -0.690. The van der Waals surface area contributed by atoms with Gasteiger partial charge in [0.2, 0.25) is 11.8 Å². The number of aromatic hydroxyl groups is 1. The molecule has 0 saturated carbocycles. The monoisotopic (exact) mass is 416 g/mol. The van der Waals surface area contributed by atoms with Crippen LogP contribution in [0.1, 0.15) is 12.0 Å². The molecule has 2 amide bonds. The molecule has 1 atom stereocenters. The zero-order valence-corrected chi connectivity index (χ0v) is 16.1. The van der Waals surface area contributed by atoms with Crippen molar-refractivity contribution in [2.24, 2.45) is 10.2 Å². The number of nitrogens with one attached hydrogen (secondary N) is 2. The highest BCUT2D eigenvalue weighted by atomic mass is 32.2. The predicted molar refractivity (Wildman–Crippen MR) is 109 cm³/mol. The number of hydrogen-bond acceptors (Lipinski definition) is 7. The van der Waals surface area contributed by atoms with E-state index in [-0.39, 0.29) is 28.9 Å². The Bertz CT molecular complexity index is 996. The Morgan fingerprint density at radius 3 is 2.93 bits per heavy atom. The SMILES string of the molecule is COc1cc(/C=N/N=C2/NC(=O)[C@H](CC(=O)Nc3ccccc3F)S2)ccc1O. The summed E-state index contributed by atoms with van der Waals surface area (Å²) in [6, 6.07) is 10.5. The van der Waals surface area contributed by atoms with Crippen molar-refractivity contribution in [1.82, 2.24) is 5.32 Å². The van der Waals surface area contributed by atoms with E-state index in [2.05, 4.69) is 20.8 Å². The van der Waals surface area contributed by atoms with Crippen molar-refractivity contribution in [2.45, 2.75) is 11.7 Å². The zero-order chi connectivity index (χ0) is 20.8. The van der Waals surface area contributed by atoms with Gasteiger partial charge in [-0.05, 0) is 35.9 Å². The summed E-state index contributed by atoms with van der Waals surface area (Å²) in [6.45, 7) is 0. The topological polar surface area (TPSA) is 112 Å². The lowest BCUT2D eigenvalue weighted by Crippen LogP contribution is -2.28. The van der Waals surface area contributed by atoms with Crippen molar-refractivity contribution < 1.29 is 23.8 Å². The van der Waals surface area contributed by atoms with Gasteiger partial charge in [-0.1, -0.05) is 23.9 Å². The Kier molecular flexibility index (Phi) is 6.45. The van der Waals surface area contributed by atoms with Gasteiger partial charge in [-0.15, -0.1) is 5.10 Å². The van der Waals surface area contributed by atoms with Crippen LogP contribution in [0.3, 0.4) is 0 Å². The normalized spacial score (nSPS) is 17.5. The minimum Gasteiger partial charge on any atom is -0.504 e. The van der Waals surface area contributed by atoms with Gasteiger partial charge >= 0.3 is 0 Å². The average molecular weight is 416 g/mol. The molecule has 3 rings (SSSR count). The first-order valence-electron chi connectivity index (χ1n) is 8.46. The Morgan fingerprint density at radius 1 is 1.38 bits per heavy atom. The van der Waals surface area contributed by atoms with Gasteiger partial charge in [0.15, 0.2) is 16.7 Å². The number of carbonyl (C=O) groups excluding carboxylic acids is 2. The van der Waals surface area contributed by atoms with E-state index in [1.165, 1.54) is 37.6 Å². The summed E-state index contributed by atoms with van der Waals surface area (Å²) in [6.07, 6.45) is 1.29. The Labute approximate surface area is 169 Å². The number of phenolic OH excluding ortho intramolecular Hbond substituents is 1. The highest BCUT2D eigenvalue weighted by molar-refractivity contribution is 8.15. The second-order valence-corrected chi connectivity index (χ2v) is 7.10. The van der Waals surface area contributed by atoms with E-state index in [4.69, 9.17) is 4.74 Å². The first-order valence-corrected chi connectivity index (χ1v) is 9.34. The number of thioether (sulfide) groups is 1. The van der Waals surface area contributed by atoms with E-state index in [1.54, 1.807) is 18.2 Å². The molecule has 0 bridgehead atoms. The van der Waals surface area contributed by atoms with Gasteiger partial charge < -0.3 is 20.5 Å². The van der Waals surface area contributed by atoms with Crippen LogP contribution in [-0.2, 0) is 9.59 Å². The van der Waals surface area contributed by atoms with Crippen molar-refractivity contribution in [3.63, 3.8) is 0 Å². The van der Waals surface area contributed by atoms with E-state index in [9.17, 15) is 19.1 Å². The second-order valence-electron chi connectivity index (χ2n) is 5.91. The third-order valence-corrected chi connectivity index (χ3v) is 4.93. The summed E-state index contributed by atoms with van der Waals surface area (Å²) in [5.41, 5.74) is 0.697. The van der Waals surface area contributed by atoms with E-state index in [0.717, 1.165) is 11.8 Å². The predicted octanol–water partition coefficient (Wildman–Crippen LogP) is 2.49. The summed E-state index contributed by atoms with van der Waals surface area (Å²) in [5.74, 6) is -1.10. The summed E-state index contributed by atoms with van der Waals surface area (Å²) in [5, 5.41) is 21.9. The first-order chi connectivity index (χ1) is 14.0. The number of nitrogens with zero attached hydrogens (tertiary/aromatic N) is 2. The van der Waals surface area contributed by atoms with Crippen LogP contribution in [-0.4, -0.2) is 40.7 Å². The first kappa shape index (κ1) is 20.3. The molecule has 1 heterocycles. The molecule has 29 heavy (non-hydrogen) atoms. The number of amidine groups is 1. The number of methoxy groups -OCH3 is 1. The molecule has 0 unspecified atom stereocenters. The molecule has 0 spiro atoms. The maximum Gasteiger partial charge on any atom is 0.240 e. The number of anilines is 1. The van der Waals surface area contributed by atoms with Gasteiger partial charge in [0.1, 0.15) is 11.1 Å². The number of halogens is 1. The van der Waals surface area contributed by atoms with Crippen LogP contribution >= 0.6 is 11.8 Å². The number of ether oxygens (including phenoxy) is 1. The largest absolute Gasteiger partial charge is 0.504 e. The molecular weight excluding hydrogens is 399 g/mol. The van der Waals surface area contributed by atoms with Gasteiger partial charge in [0.05, 0.1) is 19.0 Å². The van der Waals surface area contributed by atoms with Gasteiger partial charge in [-0.25, -0.2) is 4.39 Å².